The Labute approximate surface area is 116 Å². The van der Waals surface area contributed by atoms with Gasteiger partial charge >= 0.3 is 0 Å². The SMILES string of the molecule is NCCOc1cnn(CC(=O)N2CCOCC2)c(=O)c1. The van der Waals surface area contributed by atoms with Crippen LogP contribution >= 0.6 is 0 Å². The molecular formula is C12H18N4O4. The molecule has 0 unspecified atom stereocenters. The monoisotopic (exact) mass is 282 g/mol. The number of carbonyl (C=O) groups excluding carboxylic acids is 1. The Bertz CT molecular complexity index is 510. The number of nitrogens with two attached hydrogens (primary N) is 1. The number of carbonyl (C=O) groups is 1. The van der Waals surface area contributed by atoms with E-state index in [1.165, 1.54) is 12.3 Å². The molecular weight excluding hydrogens is 264 g/mol. The van der Waals surface area contributed by atoms with Gasteiger partial charge < -0.3 is 20.1 Å². The van der Waals surface area contributed by atoms with Gasteiger partial charge in [-0.25, -0.2) is 4.68 Å². The van der Waals surface area contributed by atoms with E-state index in [1.54, 1.807) is 4.90 Å². The quantitative estimate of drug-likeness (QED) is 0.701. The van der Waals surface area contributed by atoms with E-state index in [0.29, 0.717) is 45.2 Å². The Hall–Kier alpha value is -1.93. The van der Waals surface area contributed by atoms with E-state index in [-0.39, 0.29) is 18.0 Å². The van der Waals surface area contributed by atoms with Gasteiger partial charge in [-0.2, -0.15) is 5.10 Å². The van der Waals surface area contributed by atoms with Gasteiger partial charge in [-0.15, -0.1) is 0 Å². The molecule has 2 rings (SSSR count). The number of amides is 1. The molecule has 1 aromatic rings. The van der Waals surface area contributed by atoms with Crippen molar-refractivity contribution in [1.29, 1.82) is 0 Å². The van der Waals surface area contributed by atoms with Gasteiger partial charge in [0, 0.05) is 25.7 Å². The molecule has 0 aromatic carbocycles. The fourth-order valence-corrected chi connectivity index (χ4v) is 1.83. The predicted molar refractivity (Wildman–Crippen MR) is 70.4 cm³/mol. The van der Waals surface area contributed by atoms with E-state index in [4.69, 9.17) is 15.2 Å². The lowest BCUT2D eigenvalue weighted by Crippen LogP contribution is -2.43. The van der Waals surface area contributed by atoms with E-state index in [1.807, 2.05) is 0 Å². The summed E-state index contributed by atoms with van der Waals surface area (Å²) in [6.07, 6.45) is 1.41. The van der Waals surface area contributed by atoms with Crippen molar-refractivity contribution in [1.82, 2.24) is 14.7 Å². The summed E-state index contributed by atoms with van der Waals surface area (Å²) >= 11 is 0. The first-order chi connectivity index (χ1) is 9.70. The minimum Gasteiger partial charge on any atom is -0.490 e. The third-order valence-electron chi connectivity index (χ3n) is 2.88. The number of hydrogen-bond donors (Lipinski definition) is 1. The van der Waals surface area contributed by atoms with Crippen LogP contribution in [0.2, 0.25) is 0 Å². The molecule has 1 saturated heterocycles. The van der Waals surface area contributed by atoms with Crippen molar-refractivity contribution in [3.63, 3.8) is 0 Å². The minimum atomic E-state index is -0.374. The second kappa shape index (κ2) is 7.01. The number of nitrogens with zero attached hydrogens (tertiary/aromatic N) is 3. The molecule has 1 amide bonds. The molecule has 1 aromatic heterocycles. The van der Waals surface area contributed by atoms with Gasteiger partial charge in [-0.05, 0) is 0 Å². The second-order valence-corrected chi connectivity index (χ2v) is 4.32. The van der Waals surface area contributed by atoms with Crippen LogP contribution in [0.25, 0.3) is 0 Å². The second-order valence-electron chi connectivity index (χ2n) is 4.32. The van der Waals surface area contributed by atoms with Gasteiger partial charge in [-0.1, -0.05) is 0 Å². The molecule has 0 atom stereocenters. The summed E-state index contributed by atoms with van der Waals surface area (Å²) in [5.74, 6) is 0.217. The average molecular weight is 282 g/mol. The summed E-state index contributed by atoms with van der Waals surface area (Å²) in [5, 5.41) is 3.93. The first-order valence-corrected chi connectivity index (χ1v) is 6.46. The van der Waals surface area contributed by atoms with Gasteiger partial charge in [-0.3, -0.25) is 9.59 Å². The summed E-state index contributed by atoms with van der Waals surface area (Å²) in [7, 11) is 0. The van der Waals surface area contributed by atoms with Gasteiger partial charge in [0.15, 0.2) is 0 Å². The number of morpholine rings is 1. The summed E-state index contributed by atoms with van der Waals surface area (Å²) in [6, 6.07) is 1.30. The van der Waals surface area contributed by atoms with Crippen LogP contribution in [0.3, 0.4) is 0 Å². The van der Waals surface area contributed by atoms with Crippen LogP contribution in [0.4, 0.5) is 0 Å². The largest absolute Gasteiger partial charge is 0.490 e. The zero-order valence-electron chi connectivity index (χ0n) is 11.2. The third-order valence-corrected chi connectivity index (χ3v) is 2.88. The van der Waals surface area contributed by atoms with E-state index in [2.05, 4.69) is 5.10 Å². The Morgan fingerprint density at radius 1 is 1.45 bits per heavy atom. The summed E-state index contributed by atoms with van der Waals surface area (Å²) < 4.78 is 11.5. The van der Waals surface area contributed by atoms with Crippen molar-refractivity contribution >= 4 is 5.91 Å². The lowest BCUT2D eigenvalue weighted by atomic mass is 10.4. The highest BCUT2D eigenvalue weighted by atomic mass is 16.5. The molecule has 20 heavy (non-hydrogen) atoms. The molecule has 8 nitrogen and oxygen atoms in total. The van der Waals surface area contributed by atoms with Crippen LogP contribution in [0.5, 0.6) is 5.75 Å². The third kappa shape index (κ3) is 3.78. The molecule has 8 heteroatoms. The topological polar surface area (TPSA) is 99.7 Å². The maximum Gasteiger partial charge on any atom is 0.270 e. The van der Waals surface area contributed by atoms with Gasteiger partial charge in [0.05, 0.1) is 19.4 Å². The Morgan fingerprint density at radius 3 is 2.85 bits per heavy atom. The predicted octanol–water partition coefficient (Wildman–Crippen LogP) is -1.56. The van der Waals surface area contributed by atoms with Gasteiger partial charge in [0.1, 0.15) is 18.9 Å². The van der Waals surface area contributed by atoms with E-state index in [0.717, 1.165) is 4.68 Å². The van der Waals surface area contributed by atoms with Crippen LogP contribution in [-0.2, 0) is 16.1 Å². The van der Waals surface area contributed by atoms with Crippen LogP contribution in [0, 0.1) is 0 Å². The Balaban J connectivity index is 1.98. The lowest BCUT2D eigenvalue weighted by Gasteiger charge is -2.26. The van der Waals surface area contributed by atoms with Gasteiger partial charge in [0.2, 0.25) is 5.91 Å². The van der Waals surface area contributed by atoms with Crippen molar-refractivity contribution in [3.05, 3.63) is 22.6 Å². The Kier molecular flexibility index (Phi) is 5.08. The zero-order chi connectivity index (χ0) is 14.4. The number of rotatable bonds is 5. The fourth-order valence-electron chi connectivity index (χ4n) is 1.83. The zero-order valence-corrected chi connectivity index (χ0v) is 11.2. The minimum absolute atomic E-state index is 0.0734. The highest BCUT2D eigenvalue weighted by Crippen LogP contribution is 2.03. The molecule has 1 fully saturated rings. The fraction of sp³-hybridized carbons (Fsp3) is 0.583. The molecule has 2 N–H and O–H groups in total. The lowest BCUT2D eigenvalue weighted by molar-refractivity contribution is -0.136. The number of aromatic nitrogens is 2. The first-order valence-electron chi connectivity index (χ1n) is 6.46. The maximum atomic E-state index is 12.0. The van der Waals surface area contributed by atoms with Crippen LogP contribution in [0.15, 0.2) is 17.1 Å². The van der Waals surface area contributed by atoms with Crippen LogP contribution in [-0.4, -0.2) is 60.0 Å². The molecule has 2 heterocycles. The van der Waals surface area contributed by atoms with Crippen molar-refractivity contribution in [2.75, 3.05) is 39.5 Å². The number of ether oxygens (including phenoxy) is 2. The molecule has 1 aliphatic heterocycles. The number of hydrogen-bond acceptors (Lipinski definition) is 6. The molecule has 0 saturated carbocycles. The van der Waals surface area contributed by atoms with Crippen molar-refractivity contribution in [2.24, 2.45) is 5.73 Å². The summed E-state index contributed by atoms with van der Waals surface area (Å²) in [5.41, 5.74) is 4.93. The maximum absolute atomic E-state index is 12.0. The van der Waals surface area contributed by atoms with E-state index < -0.39 is 0 Å². The van der Waals surface area contributed by atoms with Crippen LogP contribution < -0.4 is 16.0 Å². The van der Waals surface area contributed by atoms with Crippen molar-refractivity contribution in [3.8, 4) is 5.75 Å². The smallest absolute Gasteiger partial charge is 0.270 e. The van der Waals surface area contributed by atoms with Crippen molar-refractivity contribution in [2.45, 2.75) is 6.54 Å². The van der Waals surface area contributed by atoms with E-state index >= 15 is 0 Å². The van der Waals surface area contributed by atoms with E-state index in [9.17, 15) is 9.59 Å². The average Bonchev–Trinajstić information content (AvgIpc) is 2.48. The van der Waals surface area contributed by atoms with Gasteiger partial charge in [0.25, 0.3) is 5.56 Å². The normalized spacial score (nSPS) is 15.2. The summed E-state index contributed by atoms with van der Waals surface area (Å²) in [6.45, 7) is 2.75. The summed E-state index contributed by atoms with van der Waals surface area (Å²) in [4.78, 5) is 25.5. The highest BCUT2D eigenvalue weighted by molar-refractivity contribution is 5.75. The molecule has 0 radical (unpaired) electrons. The Morgan fingerprint density at radius 2 is 2.20 bits per heavy atom. The standard InChI is InChI=1S/C12H18N4O4/c13-1-4-20-10-7-11(17)16(14-8-10)9-12(18)15-2-5-19-6-3-15/h7-8H,1-6,9,13H2. The molecule has 0 spiro atoms. The molecule has 0 aliphatic carbocycles. The van der Waals surface area contributed by atoms with Crippen LogP contribution in [0.1, 0.15) is 0 Å². The molecule has 0 bridgehead atoms. The molecule has 110 valence electrons. The highest BCUT2D eigenvalue weighted by Gasteiger charge is 2.17. The molecule has 1 aliphatic rings. The van der Waals surface area contributed by atoms with Crippen molar-refractivity contribution < 1.29 is 14.3 Å². The first kappa shape index (κ1) is 14.5.